The van der Waals surface area contributed by atoms with Gasteiger partial charge in [0.15, 0.2) is 0 Å². The van der Waals surface area contributed by atoms with Gasteiger partial charge >= 0.3 is 0 Å². The normalized spacial score (nSPS) is 23.8. The first-order valence-corrected chi connectivity index (χ1v) is 8.87. The van der Waals surface area contributed by atoms with Crippen molar-refractivity contribution in [3.8, 4) is 0 Å². The summed E-state index contributed by atoms with van der Waals surface area (Å²) in [6, 6.07) is 6.04. The van der Waals surface area contributed by atoms with Crippen LogP contribution in [0.3, 0.4) is 0 Å². The zero-order valence-electron chi connectivity index (χ0n) is 14.5. The van der Waals surface area contributed by atoms with Crippen LogP contribution in [0.4, 0.5) is 5.69 Å². The minimum absolute atomic E-state index is 0.0535. The van der Waals surface area contributed by atoms with Gasteiger partial charge in [0.25, 0.3) is 0 Å². The van der Waals surface area contributed by atoms with Gasteiger partial charge in [0.1, 0.15) is 0 Å². The number of carbonyl (C=O) groups excluding carboxylic acids is 2. The first kappa shape index (κ1) is 17.0. The maximum absolute atomic E-state index is 12.6. The predicted octanol–water partition coefficient (Wildman–Crippen LogP) is 2.52. The maximum atomic E-state index is 12.6. The van der Waals surface area contributed by atoms with Gasteiger partial charge in [-0.25, -0.2) is 0 Å². The number of benzene rings is 1. The highest BCUT2D eigenvalue weighted by atomic mass is 16.5. The number of carbonyl (C=O) groups is 2. The van der Waals surface area contributed by atoms with E-state index in [0.717, 1.165) is 42.7 Å². The Hall–Kier alpha value is -1.88. The molecule has 0 spiro atoms. The highest BCUT2D eigenvalue weighted by Gasteiger charge is 2.36. The molecule has 0 bridgehead atoms. The van der Waals surface area contributed by atoms with Crippen LogP contribution in [0.5, 0.6) is 0 Å². The third-order valence-electron chi connectivity index (χ3n) is 5.02. The van der Waals surface area contributed by atoms with Crippen molar-refractivity contribution < 1.29 is 14.3 Å². The zero-order valence-corrected chi connectivity index (χ0v) is 14.5. The molecule has 1 N–H and O–H groups in total. The molecule has 24 heavy (non-hydrogen) atoms. The Balaban J connectivity index is 1.63. The summed E-state index contributed by atoms with van der Waals surface area (Å²) in [6.45, 7) is 5.97. The second-order valence-electron chi connectivity index (χ2n) is 6.79. The number of ether oxygens (including phenoxy) is 1. The van der Waals surface area contributed by atoms with Crippen molar-refractivity contribution in [3.63, 3.8) is 0 Å². The van der Waals surface area contributed by atoms with Crippen molar-refractivity contribution >= 4 is 17.5 Å². The van der Waals surface area contributed by atoms with Crippen LogP contribution in [0.15, 0.2) is 18.2 Å². The van der Waals surface area contributed by atoms with Crippen molar-refractivity contribution in [3.05, 3.63) is 29.3 Å². The molecular weight excluding hydrogens is 304 g/mol. The number of anilines is 1. The SMILES string of the molecule is CCc1cccc(C)c1NC(=O)C1CC(=O)N(CC2CCCO2)C1. The summed E-state index contributed by atoms with van der Waals surface area (Å²) >= 11 is 0. The van der Waals surface area contributed by atoms with E-state index in [2.05, 4.69) is 12.2 Å². The number of amides is 2. The monoisotopic (exact) mass is 330 g/mol. The summed E-state index contributed by atoms with van der Waals surface area (Å²) < 4.78 is 5.61. The van der Waals surface area contributed by atoms with Crippen LogP contribution >= 0.6 is 0 Å². The quantitative estimate of drug-likeness (QED) is 0.902. The number of hydrogen-bond donors (Lipinski definition) is 1. The van der Waals surface area contributed by atoms with E-state index in [1.807, 2.05) is 25.1 Å². The lowest BCUT2D eigenvalue weighted by molar-refractivity contribution is -0.129. The van der Waals surface area contributed by atoms with Gasteiger partial charge in [-0.1, -0.05) is 25.1 Å². The summed E-state index contributed by atoms with van der Waals surface area (Å²) in [5, 5.41) is 3.06. The Bertz CT molecular complexity index is 623. The van der Waals surface area contributed by atoms with Crippen molar-refractivity contribution in [2.45, 2.75) is 45.6 Å². The molecular formula is C19H26N2O3. The third-order valence-corrected chi connectivity index (χ3v) is 5.02. The molecule has 130 valence electrons. The van der Waals surface area contributed by atoms with E-state index in [-0.39, 0.29) is 23.8 Å². The van der Waals surface area contributed by atoms with E-state index in [4.69, 9.17) is 4.74 Å². The fourth-order valence-electron chi connectivity index (χ4n) is 3.59. The molecule has 2 aliphatic heterocycles. The lowest BCUT2D eigenvalue weighted by Crippen LogP contribution is -2.34. The first-order valence-electron chi connectivity index (χ1n) is 8.87. The fourth-order valence-corrected chi connectivity index (χ4v) is 3.59. The molecule has 2 heterocycles. The van der Waals surface area contributed by atoms with Gasteiger partial charge in [-0.05, 0) is 37.3 Å². The van der Waals surface area contributed by atoms with E-state index >= 15 is 0 Å². The van der Waals surface area contributed by atoms with Gasteiger partial charge in [-0.3, -0.25) is 9.59 Å². The first-order chi connectivity index (χ1) is 11.6. The second-order valence-corrected chi connectivity index (χ2v) is 6.79. The van der Waals surface area contributed by atoms with Crippen LogP contribution in [-0.2, 0) is 20.7 Å². The van der Waals surface area contributed by atoms with E-state index in [9.17, 15) is 9.59 Å². The zero-order chi connectivity index (χ0) is 17.1. The van der Waals surface area contributed by atoms with E-state index in [1.165, 1.54) is 0 Å². The number of para-hydroxylation sites is 1. The van der Waals surface area contributed by atoms with Crippen molar-refractivity contribution in [1.29, 1.82) is 0 Å². The van der Waals surface area contributed by atoms with E-state index < -0.39 is 0 Å². The fraction of sp³-hybridized carbons (Fsp3) is 0.579. The highest BCUT2D eigenvalue weighted by molar-refractivity contribution is 5.98. The molecule has 2 saturated heterocycles. The molecule has 2 fully saturated rings. The van der Waals surface area contributed by atoms with Crippen LogP contribution < -0.4 is 5.32 Å². The minimum atomic E-state index is -0.275. The smallest absolute Gasteiger partial charge is 0.229 e. The number of aryl methyl sites for hydroxylation is 2. The molecule has 3 rings (SSSR count). The third kappa shape index (κ3) is 3.61. The molecule has 0 radical (unpaired) electrons. The lowest BCUT2D eigenvalue weighted by Gasteiger charge is -2.20. The Kier molecular flexibility index (Phi) is 5.19. The molecule has 2 amide bonds. The van der Waals surface area contributed by atoms with E-state index in [0.29, 0.717) is 19.5 Å². The molecule has 2 atom stereocenters. The van der Waals surface area contributed by atoms with Crippen LogP contribution in [0.2, 0.25) is 0 Å². The summed E-state index contributed by atoms with van der Waals surface area (Å²) in [4.78, 5) is 26.6. The topological polar surface area (TPSA) is 58.6 Å². The van der Waals surface area contributed by atoms with Crippen LogP contribution in [0.25, 0.3) is 0 Å². The minimum Gasteiger partial charge on any atom is -0.376 e. The average Bonchev–Trinajstić information content (AvgIpc) is 3.20. The Morgan fingerprint density at radius 2 is 2.25 bits per heavy atom. The van der Waals surface area contributed by atoms with Crippen LogP contribution in [0.1, 0.15) is 37.3 Å². The molecule has 1 aromatic rings. The van der Waals surface area contributed by atoms with Crippen molar-refractivity contribution in [1.82, 2.24) is 4.90 Å². The van der Waals surface area contributed by atoms with Gasteiger partial charge in [0.05, 0.1) is 12.0 Å². The number of nitrogens with zero attached hydrogens (tertiary/aromatic N) is 1. The summed E-state index contributed by atoms with van der Waals surface area (Å²) in [6.07, 6.45) is 3.37. The average molecular weight is 330 g/mol. The molecule has 2 unspecified atom stereocenters. The highest BCUT2D eigenvalue weighted by Crippen LogP contribution is 2.25. The Labute approximate surface area is 143 Å². The number of hydrogen-bond acceptors (Lipinski definition) is 3. The number of likely N-dealkylation sites (tertiary alicyclic amines) is 1. The molecule has 5 nitrogen and oxygen atoms in total. The van der Waals surface area contributed by atoms with Crippen molar-refractivity contribution in [2.75, 3.05) is 25.0 Å². The molecule has 0 saturated carbocycles. The van der Waals surface area contributed by atoms with E-state index in [1.54, 1.807) is 4.90 Å². The van der Waals surface area contributed by atoms with Gasteiger partial charge in [0, 0.05) is 31.8 Å². The van der Waals surface area contributed by atoms with Gasteiger partial charge < -0.3 is 15.0 Å². The Morgan fingerprint density at radius 1 is 1.42 bits per heavy atom. The predicted molar refractivity (Wildman–Crippen MR) is 92.8 cm³/mol. The van der Waals surface area contributed by atoms with Crippen LogP contribution in [-0.4, -0.2) is 42.5 Å². The maximum Gasteiger partial charge on any atom is 0.229 e. The standard InChI is InChI=1S/C19H26N2O3/c1-3-14-7-4-6-13(2)18(14)20-19(23)15-10-17(22)21(11-15)12-16-8-5-9-24-16/h4,6-7,15-16H,3,5,8-12H2,1-2H3,(H,20,23). The molecule has 2 aliphatic rings. The largest absolute Gasteiger partial charge is 0.376 e. The van der Waals surface area contributed by atoms with Gasteiger partial charge in [0.2, 0.25) is 11.8 Å². The van der Waals surface area contributed by atoms with Crippen LogP contribution in [0, 0.1) is 12.8 Å². The Morgan fingerprint density at radius 3 is 2.96 bits per heavy atom. The molecule has 1 aromatic carbocycles. The second kappa shape index (κ2) is 7.34. The van der Waals surface area contributed by atoms with Crippen molar-refractivity contribution in [2.24, 2.45) is 5.92 Å². The summed E-state index contributed by atoms with van der Waals surface area (Å²) in [7, 11) is 0. The number of rotatable bonds is 5. The number of nitrogens with one attached hydrogen (secondary N) is 1. The molecule has 0 aliphatic carbocycles. The lowest BCUT2D eigenvalue weighted by atomic mass is 10.0. The van der Waals surface area contributed by atoms with Gasteiger partial charge in [-0.15, -0.1) is 0 Å². The molecule has 5 heteroatoms. The summed E-state index contributed by atoms with van der Waals surface area (Å²) in [5.74, 6) is -0.267. The molecule has 0 aromatic heterocycles. The van der Waals surface area contributed by atoms with Gasteiger partial charge in [-0.2, -0.15) is 0 Å². The summed E-state index contributed by atoms with van der Waals surface area (Å²) in [5.41, 5.74) is 3.09.